The van der Waals surface area contributed by atoms with Crippen LogP contribution in [0.15, 0.2) is 29.6 Å². The Morgan fingerprint density at radius 2 is 2.26 bits per heavy atom. The maximum absolute atomic E-state index is 11.8. The van der Waals surface area contributed by atoms with Crippen molar-refractivity contribution in [3.63, 3.8) is 0 Å². The van der Waals surface area contributed by atoms with E-state index >= 15 is 0 Å². The van der Waals surface area contributed by atoms with Gasteiger partial charge in [0.25, 0.3) is 5.91 Å². The van der Waals surface area contributed by atoms with Crippen LogP contribution in [0.3, 0.4) is 0 Å². The lowest BCUT2D eigenvalue weighted by Gasteiger charge is -2.10. The van der Waals surface area contributed by atoms with Crippen molar-refractivity contribution in [1.29, 1.82) is 0 Å². The smallest absolute Gasteiger partial charge is 0.253 e. The highest BCUT2D eigenvalue weighted by Gasteiger charge is 2.16. The highest BCUT2D eigenvalue weighted by atomic mass is 16.3. The third-order valence-corrected chi connectivity index (χ3v) is 2.83. The summed E-state index contributed by atoms with van der Waals surface area (Å²) in [5.41, 5.74) is 1.92. The zero-order valence-electron chi connectivity index (χ0n) is 10.7. The first-order valence-electron chi connectivity index (χ1n) is 5.61. The number of carbonyl (C=O) groups excluding carboxylic acids is 1. The third-order valence-electron chi connectivity index (χ3n) is 2.83. The second-order valence-corrected chi connectivity index (χ2v) is 4.02. The molecule has 2 rings (SSSR count). The summed E-state index contributed by atoms with van der Waals surface area (Å²) in [6, 6.07) is 3.19. The number of rotatable bonds is 3. The van der Waals surface area contributed by atoms with Gasteiger partial charge in [-0.2, -0.15) is 0 Å². The number of aryl methyl sites for hydroxylation is 1. The average molecular weight is 258 g/mol. The number of phenols is 1. The Balaban J connectivity index is 2.66. The Bertz CT molecular complexity index is 646. The van der Waals surface area contributed by atoms with Crippen molar-refractivity contribution in [2.45, 2.75) is 0 Å². The van der Waals surface area contributed by atoms with E-state index in [1.807, 2.05) is 7.05 Å². The van der Waals surface area contributed by atoms with E-state index in [-0.39, 0.29) is 22.9 Å². The zero-order chi connectivity index (χ0) is 14.0. The van der Waals surface area contributed by atoms with Crippen LogP contribution in [0.5, 0.6) is 5.75 Å². The van der Waals surface area contributed by atoms with Crippen molar-refractivity contribution in [2.75, 3.05) is 7.05 Å². The molecule has 1 heterocycles. The number of phenolic OH excluding ortho intramolecular Hbond substituents is 1. The quantitative estimate of drug-likeness (QED) is 0.818. The van der Waals surface area contributed by atoms with Crippen LogP contribution in [0.1, 0.15) is 10.4 Å². The van der Waals surface area contributed by atoms with Gasteiger partial charge in [-0.25, -0.2) is 4.98 Å². The van der Waals surface area contributed by atoms with Gasteiger partial charge in [-0.05, 0) is 18.9 Å². The molecule has 0 saturated heterocycles. The molecule has 0 radical (unpaired) electrons. The van der Waals surface area contributed by atoms with Crippen LogP contribution in [-0.4, -0.2) is 34.3 Å². The van der Waals surface area contributed by atoms with Gasteiger partial charge in [0.05, 0.1) is 23.8 Å². The molecule has 2 N–H and O–H groups in total. The van der Waals surface area contributed by atoms with Crippen LogP contribution in [0, 0.1) is 0 Å². The van der Waals surface area contributed by atoms with Gasteiger partial charge in [-0.3, -0.25) is 9.79 Å². The van der Waals surface area contributed by atoms with Crippen molar-refractivity contribution < 1.29 is 9.90 Å². The number of aliphatic imine (C=N–C) groups is 1. The van der Waals surface area contributed by atoms with Gasteiger partial charge in [0, 0.05) is 19.7 Å². The van der Waals surface area contributed by atoms with Crippen molar-refractivity contribution >= 4 is 18.3 Å². The predicted octanol–water partition coefficient (Wildman–Crippen LogP) is 1.48. The van der Waals surface area contributed by atoms with Crippen LogP contribution >= 0.6 is 0 Å². The van der Waals surface area contributed by atoms with Gasteiger partial charge >= 0.3 is 0 Å². The Hall–Kier alpha value is -2.63. The Labute approximate surface area is 110 Å². The van der Waals surface area contributed by atoms with E-state index in [2.05, 4.69) is 22.0 Å². The number of aromatic nitrogens is 2. The molecule has 0 atom stereocenters. The Morgan fingerprint density at radius 3 is 2.79 bits per heavy atom. The van der Waals surface area contributed by atoms with E-state index in [9.17, 15) is 9.90 Å². The SMILES string of the molecule is C=Nc1c(O)cc(-c2cncn2C)cc1C(=O)NC. The van der Waals surface area contributed by atoms with Crippen LogP contribution < -0.4 is 5.32 Å². The average Bonchev–Trinajstić information content (AvgIpc) is 2.83. The monoisotopic (exact) mass is 258 g/mol. The minimum absolute atomic E-state index is 0.0905. The molecule has 1 aromatic heterocycles. The van der Waals surface area contributed by atoms with Crippen molar-refractivity contribution in [2.24, 2.45) is 12.0 Å². The Morgan fingerprint density at radius 1 is 1.53 bits per heavy atom. The molecule has 1 aromatic carbocycles. The second-order valence-electron chi connectivity index (χ2n) is 4.02. The lowest BCUT2D eigenvalue weighted by molar-refractivity contribution is 0.0963. The molecule has 6 heteroatoms. The van der Waals surface area contributed by atoms with Crippen LogP contribution in [0.2, 0.25) is 0 Å². The van der Waals surface area contributed by atoms with E-state index in [4.69, 9.17) is 0 Å². The zero-order valence-corrected chi connectivity index (χ0v) is 10.7. The maximum Gasteiger partial charge on any atom is 0.253 e. The van der Waals surface area contributed by atoms with Gasteiger partial charge in [0.2, 0.25) is 0 Å². The molecule has 0 spiro atoms. The number of nitrogens with zero attached hydrogens (tertiary/aromatic N) is 3. The molecule has 0 saturated carbocycles. The van der Waals surface area contributed by atoms with Gasteiger partial charge in [-0.1, -0.05) is 0 Å². The molecular formula is C13H14N4O2. The maximum atomic E-state index is 11.8. The largest absolute Gasteiger partial charge is 0.506 e. The van der Waals surface area contributed by atoms with Gasteiger partial charge in [-0.15, -0.1) is 0 Å². The molecule has 0 bridgehead atoms. The standard InChI is InChI=1S/C13H14N4O2/c1-14-12-9(13(19)15-2)4-8(5-11(12)18)10-6-16-7-17(10)3/h4-7,18H,1H2,2-3H3,(H,15,19). The van der Waals surface area contributed by atoms with Gasteiger partial charge in [0.1, 0.15) is 11.4 Å². The summed E-state index contributed by atoms with van der Waals surface area (Å²) in [7, 11) is 3.35. The molecule has 0 aliphatic carbocycles. The van der Waals surface area contributed by atoms with Crippen LogP contribution in [0.4, 0.5) is 5.69 Å². The van der Waals surface area contributed by atoms with Gasteiger partial charge < -0.3 is 15.0 Å². The van der Waals surface area contributed by atoms with Crippen molar-refractivity contribution in [1.82, 2.24) is 14.9 Å². The summed E-state index contributed by atoms with van der Waals surface area (Å²) in [5, 5.41) is 12.5. The Kier molecular flexibility index (Phi) is 3.33. The summed E-state index contributed by atoms with van der Waals surface area (Å²) < 4.78 is 1.80. The van der Waals surface area contributed by atoms with E-state index in [0.717, 1.165) is 5.69 Å². The first-order valence-corrected chi connectivity index (χ1v) is 5.61. The third kappa shape index (κ3) is 2.20. The summed E-state index contributed by atoms with van der Waals surface area (Å²) in [4.78, 5) is 19.5. The number of hydrogen-bond donors (Lipinski definition) is 2. The van der Waals surface area contributed by atoms with E-state index in [1.54, 1.807) is 23.2 Å². The normalized spacial score (nSPS) is 10.2. The predicted molar refractivity (Wildman–Crippen MR) is 72.9 cm³/mol. The fraction of sp³-hybridized carbons (Fsp3) is 0.154. The molecule has 0 unspecified atom stereocenters. The first kappa shape index (κ1) is 12.8. The van der Waals surface area contributed by atoms with Gasteiger partial charge in [0.15, 0.2) is 0 Å². The van der Waals surface area contributed by atoms with Crippen molar-refractivity contribution in [3.8, 4) is 17.0 Å². The lowest BCUT2D eigenvalue weighted by Crippen LogP contribution is -2.18. The number of imidazole rings is 1. The second kappa shape index (κ2) is 4.93. The number of aromatic hydroxyl groups is 1. The van der Waals surface area contributed by atoms with E-state index < -0.39 is 0 Å². The fourth-order valence-electron chi connectivity index (χ4n) is 1.88. The topological polar surface area (TPSA) is 79.5 Å². The van der Waals surface area contributed by atoms with E-state index in [1.165, 1.54) is 13.1 Å². The molecule has 98 valence electrons. The molecule has 1 amide bonds. The molecular weight excluding hydrogens is 244 g/mol. The summed E-state index contributed by atoms with van der Waals surface area (Å²) in [6.45, 7) is 3.37. The number of hydrogen-bond acceptors (Lipinski definition) is 4. The highest BCUT2D eigenvalue weighted by molar-refractivity contribution is 6.01. The number of amides is 1. The minimum atomic E-state index is -0.332. The van der Waals surface area contributed by atoms with Crippen LogP contribution in [-0.2, 0) is 7.05 Å². The molecule has 0 aliphatic heterocycles. The summed E-state index contributed by atoms with van der Waals surface area (Å²) in [5.74, 6) is -0.422. The highest BCUT2D eigenvalue weighted by Crippen LogP contribution is 2.35. The summed E-state index contributed by atoms with van der Waals surface area (Å²) in [6.07, 6.45) is 3.30. The summed E-state index contributed by atoms with van der Waals surface area (Å²) >= 11 is 0. The van der Waals surface area contributed by atoms with E-state index in [0.29, 0.717) is 5.56 Å². The lowest BCUT2D eigenvalue weighted by atomic mass is 10.0. The first-order chi connectivity index (χ1) is 9.08. The number of carbonyl (C=O) groups is 1. The molecule has 2 aromatic rings. The molecule has 0 fully saturated rings. The number of nitrogens with one attached hydrogen (secondary N) is 1. The molecule has 19 heavy (non-hydrogen) atoms. The fourth-order valence-corrected chi connectivity index (χ4v) is 1.88. The molecule has 0 aliphatic rings. The number of benzene rings is 1. The minimum Gasteiger partial charge on any atom is -0.506 e. The van der Waals surface area contributed by atoms with Crippen LogP contribution in [0.25, 0.3) is 11.3 Å². The molecule has 6 nitrogen and oxygen atoms in total. The van der Waals surface area contributed by atoms with Crippen molar-refractivity contribution in [3.05, 3.63) is 30.2 Å².